The zero-order valence-corrected chi connectivity index (χ0v) is 22.1. The van der Waals surface area contributed by atoms with E-state index in [0.29, 0.717) is 38.8 Å². The molecule has 173 valence electrons. The summed E-state index contributed by atoms with van der Waals surface area (Å²) in [7, 11) is 0. The first-order chi connectivity index (χ1) is 16.0. The number of aliphatic hydroxyl groups excluding tert-OH is 1. The zero-order chi connectivity index (χ0) is 23.4. The number of carbonyl (C=O) groups is 2. The van der Waals surface area contributed by atoms with Crippen molar-refractivity contribution >= 4 is 38.6 Å². The number of hydrogen-bond acceptors (Lipinski definition) is 6. The average molecular weight is 554 g/mol. The van der Waals surface area contributed by atoms with Crippen LogP contribution in [0.2, 0.25) is 0 Å². The Bertz CT molecular complexity index is 934. The van der Waals surface area contributed by atoms with Crippen LogP contribution in [0.3, 0.4) is 0 Å². The van der Waals surface area contributed by atoms with E-state index in [1.165, 1.54) is 4.90 Å². The quantitative estimate of drug-likeness (QED) is 0.208. The van der Waals surface area contributed by atoms with E-state index in [9.17, 15) is 14.7 Å². The molecule has 4 rings (SSSR count). The number of oxime groups is 1. The molecule has 1 aromatic carbocycles. The molecule has 8 nitrogen and oxygen atoms in total. The number of urea groups is 1. The molecule has 2 aliphatic heterocycles. The first kappa shape index (κ1) is 24.1. The number of epoxide rings is 1. The molecule has 33 heavy (non-hydrogen) atoms. The molecule has 1 aliphatic carbocycles. The van der Waals surface area contributed by atoms with E-state index in [1.807, 2.05) is 37.3 Å². The van der Waals surface area contributed by atoms with Crippen molar-refractivity contribution in [2.45, 2.75) is 63.4 Å². The predicted molar refractivity (Wildman–Crippen MR) is 123 cm³/mol. The average Bonchev–Trinajstić information content (AvgIpc) is 3.58. The molecule has 0 unspecified atom stereocenters. The molecule has 3 amide bonds. The number of hydrogen-bond donors (Lipinski definition) is 1. The van der Waals surface area contributed by atoms with Crippen molar-refractivity contribution in [3.05, 3.63) is 35.9 Å². The van der Waals surface area contributed by atoms with Gasteiger partial charge in [0.25, 0.3) is 0 Å². The van der Waals surface area contributed by atoms with E-state index in [4.69, 9.17) is 16.0 Å². The van der Waals surface area contributed by atoms with Crippen LogP contribution in [-0.2, 0) is 9.57 Å². The van der Waals surface area contributed by atoms with Gasteiger partial charge in [0, 0.05) is 0 Å². The molecule has 0 spiro atoms. The summed E-state index contributed by atoms with van der Waals surface area (Å²) in [5.74, 6) is 2.52. The molecule has 3 fully saturated rings. The van der Waals surface area contributed by atoms with Gasteiger partial charge in [-0.1, -0.05) is 0 Å². The Morgan fingerprint density at radius 1 is 1.36 bits per heavy atom. The van der Waals surface area contributed by atoms with Crippen LogP contribution >= 0.6 is 0 Å². The Balaban J connectivity index is 1.39. The van der Waals surface area contributed by atoms with Crippen LogP contribution < -0.4 is 0 Å². The molecule has 0 bridgehead atoms. The number of benzene rings is 1. The van der Waals surface area contributed by atoms with E-state index in [0.717, 1.165) is 17.7 Å². The third kappa shape index (κ3) is 5.39. The van der Waals surface area contributed by atoms with Crippen molar-refractivity contribution in [3.8, 4) is 12.3 Å². The van der Waals surface area contributed by atoms with Gasteiger partial charge < -0.3 is 0 Å². The number of nitrogens with zero attached hydrogens (tertiary/aromatic N) is 3. The molecule has 1 N–H and O–H groups in total. The third-order valence-electron chi connectivity index (χ3n) is 6.42. The summed E-state index contributed by atoms with van der Waals surface area (Å²) in [6, 6.07) is 9.31. The first-order valence-electron chi connectivity index (χ1n) is 11.6. The molecule has 9 heteroatoms. The number of unbranched alkanes of at least 4 members (excludes halogenated alkanes) is 1. The van der Waals surface area contributed by atoms with E-state index in [-0.39, 0.29) is 33.9 Å². The van der Waals surface area contributed by atoms with Gasteiger partial charge in [-0.2, -0.15) is 0 Å². The molecule has 1 aromatic rings. The van der Waals surface area contributed by atoms with Crippen LogP contribution in [0, 0.1) is 18.3 Å². The Kier molecular flexibility index (Phi) is 7.99. The van der Waals surface area contributed by atoms with Gasteiger partial charge in [0.2, 0.25) is 0 Å². The van der Waals surface area contributed by atoms with E-state index >= 15 is 0 Å². The monoisotopic (exact) mass is 554 g/mol. The summed E-state index contributed by atoms with van der Waals surface area (Å²) < 4.78 is 7.39. The van der Waals surface area contributed by atoms with Crippen molar-refractivity contribution in [2.75, 3.05) is 13.2 Å². The summed E-state index contributed by atoms with van der Waals surface area (Å²) in [4.78, 5) is 33.0. The second kappa shape index (κ2) is 10.9. The minimum atomic E-state index is -1.92. The maximum atomic E-state index is 13.2. The summed E-state index contributed by atoms with van der Waals surface area (Å²) in [6.07, 6.45) is 7.46. The van der Waals surface area contributed by atoms with Gasteiger partial charge in [-0.25, -0.2) is 0 Å². The fraction of sp³-hybridized carbons (Fsp3) is 0.542. The second-order valence-corrected chi connectivity index (χ2v) is 12.5. The van der Waals surface area contributed by atoms with Crippen LogP contribution in [0.15, 0.2) is 35.5 Å². The van der Waals surface area contributed by atoms with Crippen LogP contribution in [0.1, 0.15) is 50.6 Å². The van der Waals surface area contributed by atoms with Gasteiger partial charge in [-0.05, 0) is 0 Å². The number of aliphatic hydroxyl groups is 1. The SMILES string of the molecule is C#CCCCO/N=C1/[C@@H](CC[N]2[In][C](=O)N([C@@H](CC)c3ccccc3)C2=O)C[C@H](O)[C@@H]2O[C@H]12. The summed E-state index contributed by atoms with van der Waals surface area (Å²) in [5, 5.41) is 14.6. The molecule has 1 saturated carbocycles. The fourth-order valence-corrected chi connectivity index (χ4v) is 8.06. The first-order valence-corrected chi connectivity index (χ1v) is 14.7. The Hall–Kier alpha value is -2.02. The standard InChI is InChI=1S/C24H30N3O5.In/c1-3-5-9-14-31-26-21-18(15-20(29)22-23(21)32-22)12-13-25-24(30)27(16-28)19(4-2)17-10-7-6-8-11-17;/h1,6-8,10-11,18-20,22-23,29H,4-5,9,12-15H2,2H3,(H,25,30);/q;+1/p-1/b26-21-;/t18-,19-,20-,22-,23+;/m0./s1. The van der Waals surface area contributed by atoms with Gasteiger partial charge >= 0.3 is 207 Å². The zero-order valence-electron chi connectivity index (χ0n) is 18.8. The predicted octanol–water partition coefficient (Wildman–Crippen LogP) is 2.94. The number of carbonyl (C=O) groups excluding carboxylic acids is 2. The number of amides is 3. The van der Waals surface area contributed by atoms with Crippen molar-refractivity contribution in [1.29, 1.82) is 0 Å². The Labute approximate surface area is 206 Å². The summed E-state index contributed by atoms with van der Waals surface area (Å²) in [6.45, 7) is 2.91. The molecule has 3 aliphatic rings. The summed E-state index contributed by atoms with van der Waals surface area (Å²) in [5.41, 5.74) is 1.78. The molecular formula is C24H29InN3O5. The van der Waals surface area contributed by atoms with Crippen LogP contribution in [-0.4, -0.2) is 83.0 Å². The second-order valence-electron chi connectivity index (χ2n) is 8.62. The van der Waals surface area contributed by atoms with Gasteiger partial charge in [0.1, 0.15) is 0 Å². The molecular weight excluding hydrogens is 525 g/mol. The minimum absolute atomic E-state index is 0.00547. The molecule has 1 radical (unpaired) electrons. The topological polar surface area (TPSA) is 95.0 Å². The van der Waals surface area contributed by atoms with E-state index < -0.39 is 29.3 Å². The van der Waals surface area contributed by atoms with Crippen molar-refractivity contribution in [1.82, 2.24) is 7.79 Å². The van der Waals surface area contributed by atoms with Gasteiger partial charge in [-0.15, -0.1) is 0 Å². The van der Waals surface area contributed by atoms with Gasteiger partial charge in [0.15, 0.2) is 0 Å². The van der Waals surface area contributed by atoms with Gasteiger partial charge in [0.05, 0.1) is 0 Å². The van der Waals surface area contributed by atoms with E-state index in [2.05, 4.69) is 11.1 Å². The maximum absolute atomic E-state index is 13.2. The molecule has 2 heterocycles. The Morgan fingerprint density at radius 2 is 2.15 bits per heavy atom. The van der Waals surface area contributed by atoms with Crippen molar-refractivity contribution in [3.63, 3.8) is 0 Å². The number of fused-ring (bicyclic) bond motifs is 1. The number of imide groups is 1. The normalized spacial score (nSPS) is 28.3. The molecule has 2 saturated heterocycles. The molecule has 5 atom stereocenters. The van der Waals surface area contributed by atoms with Crippen LogP contribution in [0.4, 0.5) is 9.59 Å². The summed E-state index contributed by atoms with van der Waals surface area (Å²) >= 11 is -1.92. The van der Waals surface area contributed by atoms with Crippen LogP contribution in [0.5, 0.6) is 0 Å². The van der Waals surface area contributed by atoms with E-state index in [1.54, 1.807) is 2.89 Å². The fourth-order valence-electron chi connectivity index (χ4n) is 4.65. The van der Waals surface area contributed by atoms with Crippen molar-refractivity contribution in [2.24, 2.45) is 11.1 Å². The van der Waals surface area contributed by atoms with Gasteiger partial charge in [-0.3, -0.25) is 0 Å². The molecule has 0 aromatic heterocycles. The number of rotatable bonds is 10. The van der Waals surface area contributed by atoms with Crippen LogP contribution in [0.25, 0.3) is 0 Å². The Morgan fingerprint density at radius 3 is 2.88 bits per heavy atom. The third-order valence-corrected chi connectivity index (χ3v) is 10.1. The van der Waals surface area contributed by atoms with Crippen molar-refractivity contribution < 1.29 is 24.3 Å². The number of ether oxygens (including phenoxy) is 1. The number of terminal acetylenes is 1.